The zero-order valence-corrected chi connectivity index (χ0v) is 21.7. The molecule has 7 nitrogen and oxygen atoms in total. The highest BCUT2D eigenvalue weighted by Crippen LogP contribution is 2.69. The van der Waals surface area contributed by atoms with E-state index in [1.54, 1.807) is 12.1 Å². The summed E-state index contributed by atoms with van der Waals surface area (Å²) in [6, 6.07) is 8.89. The summed E-state index contributed by atoms with van der Waals surface area (Å²) in [6.07, 6.45) is 3.16. The van der Waals surface area contributed by atoms with Crippen LogP contribution in [0.15, 0.2) is 51.6 Å². The molecule has 0 N–H and O–H groups in total. The predicted molar refractivity (Wildman–Crippen MR) is 136 cm³/mol. The maximum atomic E-state index is 14.5. The fraction of sp³-hybridized carbons (Fsp3) is 0.370. The van der Waals surface area contributed by atoms with Crippen molar-refractivity contribution in [2.24, 2.45) is 15.6 Å². The number of benzene rings is 1. The molecular weight excluding hydrogens is 496 g/mol. The number of aromatic nitrogens is 3. The second kappa shape index (κ2) is 7.80. The molecule has 3 aromatic rings. The molecule has 37 heavy (non-hydrogen) atoms. The Morgan fingerprint density at radius 2 is 1.76 bits per heavy atom. The first-order chi connectivity index (χ1) is 17.4. The monoisotopic (exact) mass is 521 g/mol. The zero-order chi connectivity index (χ0) is 26.3. The highest BCUT2D eigenvalue weighted by atomic mass is 32.2. The van der Waals surface area contributed by atoms with Gasteiger partial charge in [-0.1, -0.05) is 19.9 Å². The molecule has 1 aromatic carbocycles. The van der Waals surface area contributed by atoms with E-state index in [0.717, 1.165) is 24.0 Å². The maximum Gasteiger partial charge on any atom is 0.192 e. The SMILES string of the molecule is CC1=NN=C(c2cc([C@@]34CC[C@@H](c5cc(-c6c(F)cccc6F)nnc53)C4(C)C)nc(S(C)(=O)=O)c2)C1. The van der Waals surface area contributed by atoms with Crippen LogP contribution in [0.5, 0.6) is 0 Å². The molecule has 2 bridgehead atoms. The fourth-order valence-electron chi connectivity index (χ4n) is 6.46. The van der Waals surface area contributed by atoms with Crippen LogP contribution in [0.1, 0.15) is 68.5 Å². The molecule has 1 aliphatic heterocycles. The van der Waals surface area contributed by atoms with Crippen molar-refractivity contribution in [1.82, 2.24) is 15.2 Å². The van der Waals surface area contributed by atoms with Gasteiger partial charge in [-0.2, -0.15) is 15.3 Å². The van der Waals surface area contributed by atoms with Crippen molar-refractivity contribution < 1.29 is 17.2 Å². The van der Waals surface area contributed by atoms with Gasteiger partial charge in [0.25, 0.3) is 0 Å². The van der Waals surface area contributed by atoms with Crippen LogP contribution < -0.4 is 0 Å². The Hall–Kier alpha value is -3.40. The van der Waals surface area contributed by atoms with Crippen molar-refractivity contribution in [3.05, 3.63) is 70.5 Å². The topological polar surface area (TPSA) is 97.5 Å². The second-order valence-corrected chi connectivity index (χ2v) is 12.7. The van der Waals surface area contributed by atoms with Crippen LogP contribution in [-0.2, 0) is 15.3 Å². The number of sulfone groups is 1. The van der Waals surface area contributed by atoms with Crippen molar-refractivity contribution in [3.8, 4) is 11.3 Å². The molecule has 0 unspecified atom stereocenters. The van der Waals surface area contributed by atoms with Crippen LogP contribution in [0.4, 0.5) is 8.78 Å². The van der Waals surface area contributed by atoms with E-state index in [9.17, 15) is 17.2 Å². The molecule has 10 heteroatoms. The maximum absolute atomic E-state index is 14.5. The lowest BCUT2D eigenvalue weighted by molar-refractivity contribution is 0.242. The van der Waals surface area contributed by atoms with Gasteiger partial charge in [0.1, 0.15) is 11.6 Å². The van der Waals surface area contributed by atoms with Gasteiger partial charge in [0.2, 0.25) is 0 Å². The average Bonchev–Trinajstić information content (AvgIpc) is 3.44. The summed E-state index contributed by atoms with van der Waals surface area (Å²) >= 11 is 0. The molecule has 2 atom stereocenters. The largest absolute Gasteiger partial charge is 0.240 e. The molecule has 2 aliphatic carbocycles. The molecular formula is C27H25F2N5O2S. The van der Waals surface area contributed by atoms with E-state index >= 15 is 0 Å². The van der Waals surface area contributed by atoms with Crippen molar-refractivity contribution in [2.75, 3.05) is 6.26 Å². The number of halogens is 2. The minimum atomic E-state index is -3.63. The quantitative estimate of drug-likeness (QED) is 0.482. The van der Waals surface area contributed by atoms with E-state index in [-0.39, 0.29) is 22.2 Å². The molecule has 1 saturated carbocycles. The second-order valence-electron chi connectivity index (χ2n) is 10.8. The molecule has 0 radical (unpaired) electrons. The van der Waals surface area contributed by atoms with Crippen LogP contribution in [0.2, 0.25) is 0 Å². The molecule has 0 amide bonds. The first-order valence-corrected chi connectivity index (χ1v) is 14.0. The molecule has 3 heterocycles. The number of pyridine rings is 1. The van der Waals surface area contributed by atoms with Gasteiger partial charge in [-0.3, -0.25) is 0 Å². The summed E-state index contributed by atoms with van der Waals surface area (Å²) in [5.41, 5.74) is 3.13. The molecule has 2 aromatic heterocycles. The van der Waals surface area contributed by atoms with Gasteiger partial charge < -0.3 is 0 Å². The Kier molecular flexibility index (Phi) is 5.05. The molecule has 3 aliphatic rings. The standard InChI is InChI=1S/C27H25F2N5O2S/c1-14-10-20(32-31-14)15-11-22(30-23(12-15)37(4,35)36)27-9-8-17(26(27,2)3)16-13-21(33-34-25(16)27)24-18(28)6-5-7-19(24)29/h5-7,11-13,17H,8-10H2,1-4H3/t17-,27-/m0/s1. The van der Waals surface area contributed by atoms with Gasteiger partial charge in [0, 0.05) is 24.0 Å². The molecule has 190 valence electrons. The van der Waals surface area contributed by atoms with Gasteiger partial charge in [-0.15, -0.1) is 5.10 Å². The lowest BCUT2D eigenvalue weighted by Gasteiger charge is -2.37. The smallest absolute Gasteiger partial charge is 0.192 e. The summed E-state index contributed by atoms with van der Waals surface area (Å²) in [6.45, 7) is 6.10. The van der Waals surface area contributed by atoms with Gasteiger partial charge in [0.15, 0.2) is 14.9 Å². The summed E-state index contributed by atoms with van der Waals surface area (Å²) in [7, 11) is -3.63. The molecule has 0 saturated heterocycles. The number of nitrogens with zero attached hydrogens (tertiary/aromatic N) is 5. The number of hydrogen-bond donors (Lipinski definition) is 0. The average molecular weight is 522 g/mol. The van der Waals surface area contributed by atoms with E-state index in [4.69, 9.17) is 0 Å². The van der Waals surface area contributed by atoms with Crippen LogP contribution in [0.25, 0.3) is 11.3 Å². The third-order valence-corrected chi connectivity index (χ3v) is 9.29. The van der Waals surface area contributed by atoms with Crippen LogP contribution in [0, 0.1) is 17.0 Å². The van der Waals surface area contributed by atoms with Gasteiger partial charge in [-0.05, 0) is 67.0 Å². The predicted octanol–water partition coefficient (Wildman–Crippen LogP) is 4.99. The zero-order valence-electron chi connectivity index (χ0n) is 20.9. The van der Waals surface area contributed by atoms with Crippen molar-refractivity contribution >= 4 is 21.3 Å². The Morgan fingerprint density at radius 3 is 2.41 bits per heavy atom. The summed E-state index contributed by atoms with van der Waals surface area (Å²) in [5.74, 6) is -1.37. The molecule has 1 fully saturated rings. The van der Waals surface area contributed by atoms with E-state index in [1.807, 2.05) is 13.0 Å². The highest BCUT2D eigenvalue weighted by molar-refractivity contribution is 7.90. The fourth-order valence-corrected chi connectivity index (χ4v) is 7.06. The van der Waals surface area contributed by atoms with E-state index < -0.39 is 32.3 Å². The lowest BCUT2D eigenvalue weighted by Crippen LogP contribution is -2.38. The minimum absolute atomic E-state index is 0.0349. The Labute approximate surface area is 213 Å². The van der Waals surface area contributed by atoms with E-state index in [2.05, 4.69) is 39.2 Å². The first-order valence-electron chi connectivity index (χ1n) is 12.1. The van der Waals surface area contributed by atoms with Crippen molar-refractivity contribution in [2.45, 2.75) is 56.4 Å². The Balaban J connectivity index is 1.57. The normalized spacial score (nSPS) is 23.7. The van der Waals surface area contributed by atoms with Gasteiger partial charge >= 0.3 is 0 Å². The third kappa shape index (κ3) is 3.34. The first kappa shape index (κ1) is 24.0. The highest BCUT2D eigenvalue weighted by Gasteiger charge is 2.65. The third-order valence-electron chi connectivity index (χ3n) is 8.32. The number of hydrogen-bond acceptors (Lipinski definition) is 7. The molecule has 6 rings (SSSR count). The van der Waals surface area contributed by atoms with E-state index in [0.29, 0.717) is 35.5 Å². The summed E-state index contributed by atoms with van der Waals surface area (Å²) < 4.78 is 54.5. The number of fused-ring (bicyclic) bond motifs is 5. The van der Waals surface area contributed by atoms with Crippen LogP contribution in [-0.4, -0.2) is 41.3 Å². The van der Waals surface area contributed by atoms with Crippen LogP contribution >= 0.6 is 0 Å². The van der Waals surface area contributed by atoms with Crippen molar-refractivity contribution in [3.63, 3.8) is 0 Å². The van der Waals surface area contributed by atoms with E-state index in [1.165, 1.54) is 18.2 Å². The van der Waals surface area contributed by atoms with Crippen molar-refractivity contribution in [1.29, 1.82) is 0 Å². The Morgan fingerprint density at radius 1 is 1.03 bits per heavy atom. The number of rotatable bonds is 4. The van der Waals surface area contributed by atoms with Gasteiger partial charge in [0.05, 0.1) is 33.8 Å². The summed E-state index contributed by atoms with van der Waals surface area (Å²) in [5, 5.41) is 17.2. The Bertz CT molecular complexity index is 1640. The minimum Gasteiger partial charge on any atom is -0.240 e. The van der Waals surface area contributed by atoms with Gasteiger partial charge in [-0.25, -0.2) is 22.2 Å². The molecule has 0 spiro atoms. The van der Waals surface area contributed by atoms with Crippen LogP contribution in [0.3, 0.4) is 0 Å². The lowest BCUT2D eigenvalue weighted by atomic mass is 9.66. The summed E-state index contributed by atoms with van der Waals surface area (Å²) in [4.78, 5) is 4.68.